The Morgan fingerprint density at radius 3 is 3.19 bits per heavy atom. The van der Waals surface area contributed by atoms with Gasteiger partial charge < -0.3 is 14.8 Å². The molecule has 6 heteroatoms. The van der Waals surface area contributed by atoms with Crippen molar-refractivity contribution < 1.29 is 14.3 Å². The summed E-state index contributed by atoms with van der Waals surface area (Å²) in [5, 5.41) is 4.01. The average Bonchev–Trinajstić information content (AvgIpc) is 2.90. The van der Waals surface area contributed by atoms with Crippen molar-refractivity contribution in [3.63, 3.8) is 0 Å². The van der Waals surface area contributed by atoms with Crippen molar-refractivity contribution in [2.75, 3.05) is 32.8 Å². The smallest absolute Gasteiger partial charge is 0.338 e. The number of morpholine rings is 1. The first-order chi connectivity index (χ1) is 10.2. The Bertz CT molecular complexity index is 593. The number of hydrogen-bond donors (Lipinski definition) is 1. The predicted octanol–water partition coefficient (Wildman–Crippen LogP) is 1.36. The third-order valence-electron chi connectivity index (χ3n) is 4.55. The molecule has 3 aliphatic rings. The van der Waals surface area contributed by atoms with Crippen molar-refractivity contribution in [3.8, 4) is 0 Å². The fourth-order valence-corrected chi connectivity index (χ4v) is 3.67. The molecular formula is C15H17ClN2O3. The highest BCUT2D eigenvalue weighted by Gasteiger charge is 2.34. The summed E-state index contributed by atoms with van der Waals surface area (Å²) in [5.74, 6) is -0.287. The number of cyclic esters (lactones) is 1. The molecule has 2 atom stereocenters. The summed E-state index contributed by atoms with van der Waals surface area (Å²) in [6.45, 7) is 4.86. The zero-order valence-electron chi connectivity index (χ0n) is 11.6. The van der Waals surface area contributed by atoms with Gasteiger partial charge in [-0.3, -0.25) is 4.90 Å². The number of ether oxygens (including phenoxy) is 2. The zero-order valence-corrected chi connectivity index (χ0v) is 12.4. The number of halogens is 1. The average molecular weight is 309 g/mol. The molecule has 0 bridgehead atoms. The third-order valence-corrected chi connectivity index (χ3v) is 5.00. The highest BCUT2D eigenvalue weighted by molar-refractivity contribution is 6.32. The number of carbonyl (C=O) groups excluding carboxylic acids is 1. The third kappa shape index (κ3) is 2.25. The van der Waals surface area contributed by atoms with Crippen LogP contribution < -0.4 is 5.32 Å². The van der Waals surface area contributed by atoms with Gasteiger partial charge in [-0.1, -0.05) is 17.7 Å². The van der Waals surface area contributed by atoms with Gasteiger partial charge in [-0.05, 0) is 6.07 Å². The Morgan fingerprint density at radius 1 is 1.38 bits per heavy atom. The lowest BCUT2D eigenvalue weighted by atomic mass is 9.99. The molecule has 1 aromatic carbocycles. The van der Waals surface area contributed by atoms with Gasteiger partial charge in [-0.15, -0.1) is 0 Å². The molecule has 1 N–H and O–H groups in total. The van der Waals surface area contributed by atoms with Crippen LogP contribution in [-0.2, 0) is 16.1 Å². The molecule has 112 valence electrons. The number of carbonyl (C=O) groups is 1. The molecule has 2 saturated heterocycles. The highest BCUT2D eigenvalue weighted by atomic mass is 35.5. The number of benzene rings is 1. The van der Waals surface area contributed by atoms with Gasteiger partial charge in [0, 0.05) is 43.3 Å². The van der Waals surface area contributed by atoms with E-state index in [1.165, 1.54) is 0 Å². The second kappa shape index (κ2) is 5.25. The Hall–Kier alpha value is -1.14. The van der Waals surface area contributed by atoms with E-state index in [2.05, 4.69) is 10.2 Å². The Balaban J connectivity index is 1.61. The summed E-state index contributed by atoms with van der Waals surface area (Å²) in [6, 6.07) is 4.16. The molecule has 2 fully saturated rings. The monoisotopic (exact) mass is 308 g/mol. The standard InChI is InChI=1S/C15H17ClN2O3/c16-14-11(2-1-10-12(14)8-21-15(10)19)13-6-18-4-3-17-5-9(18)7-20-13/h1-2,9,13,17H,3-8H2/t9-,13+/m0/s1. The minimum absolute atomic E-state index is 0.0344. The van der Waals surface area contributed by atoms with Gasteiger partial charge in [0.05, 0.1) is 23.3 Å². The van der Waals surface area contributed by atoms with E-state index >= 15 is 0 Å². The molecule has 1 aromatic rings. The van der Waals surface area contributed by atoms with E-state index in [0.717, 1.165) is 37.3 Å². The van der Waals surface area contributed by atoms with Crippen molar-refractivity contribution in [3.05, 3.63) is 33.8 Å². The van der Waals surface area contributed by atoms with Gasteiger partial charge in [0.15, 0.2) is 0 Å². The van der Waals surface area contributed by atoms with Crippen molar-refractivity contribution in [1.29, 1.82) is 0 Å². The van der Waals surface area contributed by atoms with E-state index in [0.29, 0.717) is 23.2 Å². The lowest BCUT2D eigenvalue weighted by Gasteiger charge is -2.43. The van der Waals surface area contributed by atoms with Gasteiger partial charge in [0.25, 0.3) is 0 Å². The first kappa shape index (κ1) is 13.5. The fourth-order valence-electron chi connectivity index (χ4n) is 3.32. The van der Waals surface area contributed by atoms with E-state index in [1.54, 1.807) is 6.07 Å². The molecule has 5 nitrogen and oxygen atoms in total. The number of hydrogen-bond acceptors (Lipinski definition) is 5. The quantitative estimate of drug-likeness (QED) is 0.794. The van der Waals surface area contributed by atoms with Crippen molar-refractivity contribution in [1.82, 2.24) is 10.2 Å². The largest absolute Gasteiger partial charge is 0.457 e. The maximum atomic E-state index is 11.6. The predicted molar refractivity (Wildman–Crippen MR) is 77.5 cm³/mol. The van der Waals surface area contributed by atoms with E-state index in [4.69, 9.17) is 21.1 Å². The number of nitrogens with one attached hydrogen (secondary N) is 1. The summed E-state index contributed by atoms with van der Waals surface area (Å²) in [6.07, 6.45) is -0.0344. The fraction of sp³-hybridized carbons (Fsp3) is 0.533. The van der Waals surface area contributed by atoms with Crippen molar-refractivity contribution >= 4 is 17.6 Å². The van der Waals surface area contributed by atoms with Crippen LogP contribution in [0.25, 0.3) is 0 Å². The van der Waals surface area contributed by atoms with E-state index in [9.17, 15) is 4.79 Å². The summed E-state index contributed by atoms with van der Waals surface area (Å²) < 4.78 is 11.1. The van der Waals surface area contributed by atoms with Crippen LogP contribution >= 0.6 is 11.6 Å². The van der Waals surface area contributed by atoms with Crippen LogP contribution in [0.3, 0.4) is 0 Å². The van der Waals surface area contributed by atoms with E-state index in [1.807, 2.05) is 6.07 Å². The SMILES string of the molecule is O=C1OCc2c1ccc([C@H]1CN3CCNC[C@H]3CO1)c2Cl. The van der Waals surface area contributed by atoms with E-state index in [-0.39, 0.29) is 18.7 Å². The van der Waals surface area contributed by atoms with Crippen LogP contribution in [0.5, 0.6) is 0 Å². The van der Waals surface area contributed by atoms with Crippen LogP contribution in [0, 0.1) is 0 Å². The number of fused-ring (bicyclic) bond motifs is 2. The number of rotatable bonds is 1. The van der Waals surface area contributed by atoms with E-state index < -0.39 is 0 Å². The first-order valence-electron chi connectivity index (χ1n) is 7.29. The van der Waals surface area contributed by atoms with Gasteiger partial charge in [0.1, 0.15) is 6.61 Å². The van der Waals surface area contributed by atoms with Crippen LogP contribution in [0.1, 0.15) is 27.6 Å². The summed E-state index contributed by atoms with van der Waals surface area (Å²) in [4.78, 5) is 14.0. The summed E-state index contributed by atoms with van der Waals surface area (Å²) in [5.41, 5.74) is 2.34. The minimum atomic E-state index is -0.287. The molecule has 21 heavy (non-hydrogen) atoms. The molecule has 0 unspecified atom stereocenters. The molecular weight excluding hydrogens is 292 g/mol. The van der Waals surface area contributed by atoms with Crippen molar-refractivity contribution in [2.24, 2.45) is 0 Å². The van der Waals surface area contributed by atoms with Gasteiger partial charge in [-0.25, -0.2) is 4.79 Å². The topological polar surface area (TPSA) is 50.8 Å². The first-order valence-corrected chi connectivity index (χ1v) is 7.66. The molecule has 4 rings (SSSR count). The Kier molecular flexibility index (Phi) is 3.38. The highest BCUT2D eigenvalue weighted by Crippen LogP contribution is 2.36. The molecule has 3 heterocycles. The molecule has 0 spiro atoms. The number of piperazine rings is 1. The van der Waals surface area contributed by atoms with Gasteiger partial charge in [-0.2, -0.15) is 0 Å². The summed E-state index contributed by atoms with van der Waals surface area (Å²) in [7, 11) is 0. The van der Waals surface area contributed by atoms with Crippen LogP contribution in [0.4, 0.5) is 0 Å². The van der Waals surface area contributed by atoms with Gasteiger partial charge in [0.2, 0.25) is 0 Å². The molecule has 3 aliphatic heterocycles. The zero-order chi connectivity index (χ0) is 14.4. The molecule has 0 aromatic heterocycles. The normalized spacial score (nSPS) is 28.9. The van der Waals surface area contributed by atoms with Crippen LogP contribution in [0.15, 0.2) is 12.1 Å². The Labute approximate surface area is 128 Å². The maximum absolute atomic E-state index is 11.6. The molecule has 0 radical (unpaired) electrons. The molecule has 0 amide bonds. The second-order valence-electron chi connectivity index (χ2n) is 5.75. The van der Waals surface area contributed by atoms with Crippen LogP contribution in [0.2, 0.25) is 5.02 Å². The minimum Gasteiger partial charge on any atom is -0.457 e. The molecule has 0 saturated carbocycles. The summed E-state index contributed by atoms with van der Waals surface area (Å²) >= 11 is 6.48. The maximum Gasteiger partial charge on any atom is 0.338 e. The second-order valence-corrected chi connectivity index (χ2v) is 6.12. The molecule has 0 aliphatic carbocycles. The van der Waals surface area contributed by atoms with Gasteiger partial charge >= 0.3 is 5.97 Å². The van der Waals surface area contributed by atoms with Crippen LogP contribution in [-0.4, -0.2) is 49.7 Å². The Morgan fingerprint density at radius 2 is 2.29 bits per heavy atom. The lowest BCUT2D eigenvalue weighted by Crippen LogP contribution is -2.57. The number of nitrogens with zero attached hydrogens (tertiary/aromatic N) is 1. The van der Waals surface area contributed by atoms with Crippen molar-refractivity contribution in [2.45, 2.75) is 18.8 Å². The lowest BCUT2D eigenvalue weighted by molar-refractivity contribution is -0.0717. The number of esters is 1.